The molecule has 0 spiro atoms. The topological polar surface area (TPSA) is 41.1 Å². The van der Waals surface area contributed by atoms with Crippen LogP contribution >= 0.6 is 0 Å². The average molecular weight is 228 g/mol. The van der Waals surface area contributed by atoms with Crippen LogP contribution in [0.15, 0.2) is 0 Å². The molecule has 0 rings (SSSR count). The molecule has 2 N–H and O–H groups in total. The lowest BCUT2D eigenvalue weighted by atomic mass is 10.0. The van der Waals surface area contributed by atoms with Crippen molar-refractivity contribution in [3.05, 3.63) is 0 Å². The van der Waals surface area contributed by atoms with E-state index < -0.39 is 0 Å². The molecule has 0 aliphatic heterocycles. The Morgan fingerprint density at radius 2 is 1.75 bits per heavy atom. The van der Waals surface area contributed by atoms with Gasteiger partial charge in [0, 0.05) is 25.0 Å². The van der Waals surface area contributed by atoms with Gasteiger partial charge in [0.1, 0.15) is 0 Å². The summed E-state index contributed by atoms with van der Waals surface area (Å²) in [5.74, 6) is 0.816. The molecule has 0 bridgehead atoms. The minimum Gasteiger partial charge on any atom is -0.354 e. The number of hydrogen-bond donors (Lipinski definition) is 2. The maximum Gasteiger partial charge on any atom is 0.221 e. The van der Waals surface area contributed by atoms with E-state index >= 15 is 0 Å². The second-order valence-corrected chi connectivity index (χ2v) is 4.76. The highest BCUT2D eigenvalue weighted by Crippen LogP contribution is 2.06. The summed E-state index contributed by atoms with van der Waals surface area (Å²) in [6.07, 6.45) is 2.74. The minimum absolute atomic E-state index is 0.151. The van der Waals surface area contributed by atoms with Crippen LogP contribution in [-0.4, -0.2) is 24.5 Å². The summed E-state index contributed by atoms with van der Waals surface area (Å²) in [4.78, 5) is 11.5. The molecule has 0 aromatic carbocycles. The van der Waals surface area contributed by atoms with Crippen molar-refractivity contribution in [3.8, 4) is 0 Å². The van der Waals surface area contributed by atoms with Crippen molar-refractivity contribution < 1.29 is 4.79 Å². The number of rotatable bonds is 8. The molecule has 0 aliphatic carbocycles. The lowest BCUT2D eigenvalue weighted by molar-refractivity contribution is -0.121. The highest BCUT2D eigenvalue weighted by atomic mass is 16.1. The molecule has 0 saturated heterocycles. The van der Waals surface area contributed by atoms with Crippen LogP contribution in [0, 0.1) is 5.92 Å². The quantitative estimate of drug-likeness (QED) is 0.669. The van der Waals surface area contributed by atoms with E-state index in [0.29, 0.717) is 24.4 Å². The molecule has 16 heavy (non-hydrogen) atoms. The van der Waals surface area contributed by atoms with Crippen molar-refractivity contribution in [1.82, 2.24) is 10.6 Å². The molecule has 0 saturated carbocycles. The second kappa shape index (κ2) is 8.57. The average Bonchev–Trinajstić information content (AvgIpc) is 2.27. The third-order valence-corrected chi connectivity index (χ3v) is 3.34. The van der Waals surface area contributed by atoms with Gasteiger partial charge in [-0.15, -0.1) is 0 Å². The predicted octanol–water partition coefficient (Wildman–Crippen LogP) is 2.32. The fourth-order valence-electron chi connectivity index (χ4n) is 1.42. The lowest BCUT2D eigenvalue weighted by Crippen LogP contribution is -2.37. The summed E-state index contributed by atoms with van der Waals surface area (Å²) in [6.45, 7) is 11.5. The zero-order valence-corrected chi connectivity index (χ0v) is 11.5. The summed E-state index contributed by atoms with van der Waals surface area (Å²) >= 11 is 0. The molecular formula is C13H28N2O. The summed E-state index contributed by atoms with van der Waals surface area (Å²) in [5, 5.41) is 6.36. The van der Waals surface area contributed by atoms with Gasteiger partial charge in [0.05, 0.1) is 0 Å². The van der Waals surface area contributed by atoms with E-state index in [-0.39, 0.29) is 5.91 Å². The molecule has 3 nitrogen and oxygen atoms in total. The van der Waals surface area contributed by atoms with Crippen molar-refractivity contribution in [2.75, 3.05) is 6.54 Å². The Morgan fingerprint density at radius 1 is 1.12 bits per heavy atom. The van der Waals surface area contributed by atoms with Crippen molar-refractivity contribution >= 4 is 5.91 Å². The van der Waals surface area contributed by atoms with E-state index in [1.54, 1.807) is 0 Å². The van der Waals surface area contributed by atoms with Crippen molar-refractivity contribution in [2.45, 2.75) is 66.0 Å². The number of nitrogens with one attached hydrogen (secondary N) is 2. The number of carbonyl (C=O) groups is 1. The zero-order chi connectivity index (χ0) is 12.6. The third kappa shape index (κ3) is 6.83. The van der Waals surface area contributed by atoms with E-state index in [1.165, 1.54) is 6.42 Å². The van der Waals surface area contributed by atoms with Gasteiger partial charge in [-0.1, -0.05) is 27.2 Å². The number of carbonyl (C=O) groups excluding carboxylic acids is 1. The summed E-state index contributed by atoms with van der Waals surface area (Å²) in [7, 11) is 0. The Morgan fingerprint density at radius 3 is 2.25 bits per heavy atom. The Balaban J connectivity index is 3.61. The number of amides is 1. The van der Waals surface area contributed by atoms with Gasteiger partial charge in [-0.25, -0.2) is 0 Å². The number of hydrogen-bond acceptors (Lipinski definition) is 2. The first-order valence-electron chi connectivity index (χ1n) is 6.53. The lowest BCUT2D eigenvalue weighted by Gasteiger charge is -2.20. The molecule has 0 fully saturated rings. The minimum atomic E-state index is 0.151. The van der Waals surface area contributed by atoms with Crippen LogP contribution in [0.4, 0.5) is 0 Å². The first-order valence-corrected chi connectivity index (χ1v) is 6.53. The molecule has 96 valence electrons. The first-order chi connectivity index (χ1) is 7.51. The van der Waals surface area contributed by atoms with Gasteiger partial charge in [0.2, 0.25) is 5.91 Å². The molecule has 0 aromatic heterocycles. The smallest absolute Gasteiger partial charge is 0.221 e. The van der Waals surface area contributed by atoms with E-state index in [0.717, 1.165) is 13.0 Å². The van der Waals surface area contributed by atoms with Gasteiger partial charge < -0.3 is 10.6 Å². The van der Waals surface area contributed by atoms with E-state index in [1.807, 2.05) is 6.92 Å². The van der Waals surface area contributed by atoms with Crippen molar-refractivity contribution in [3.63, 3.8) is 0 Å². The molecule has 0 aromatic rings. The maximum atomic E-state index is 11.5. The maximum absolute atomic E-state index is 11.5. The van der Waals surface area contributed by atoms with Crippen LogP contribution in [0.2, 0.25) is 0 Å². The molecule has 0 aliphatic rings. The van der Waals surface area contributed by atoms with E-state index in [4.69, 9.17) is 0 Å². The predicted molar refractivity (Wildman–Crippen MR) is 69.4 cm³/mol. The van der Waals surface area contributed by atoms with Gasteiger partial charge in [-0.05, 0) is 26.2 Å². The van der Waals surface area contributed by atoms with Crippen LogP contribution in [-0.2, 0) is 4.79 Å². The summed E-state index contributed by atoms with van der Waals surface area (Å²) in [6, 6.07) is 0.779. The molecule has 1 amide bonds. The van der Waals surface area contributed by atoms with Crippen LogP contribution in [0.3, 0.4) is 0 Å². The third-order valence-electron chi connectivity index (χ3n) is 3.34. The molecule has 0 heterocycles. The van der Waals surface area contributed by atoms with Gasteiger partial charge in [-0.3, -0.25) is 4.79 Å². The molecule has 3 heteroatoms. The van der Waals surface area contributed by atoms with E-state index in [2.05, 4.69) is 38.3 Å². The first kappa shape index (κ1) is 15.4. The Bertz CT molecular complexity index is 194. The molecule has 3 atom stereocenters. The highest BCUT2D eigenvalue weighted by Gasteiger charge is 2.10. The zero-order valence-electron chi connectivity index (χ0n) is 11.5. The monoisotopic (exact) mass is 228 g/mol. The van der Waals surface area contributed by atoms with Gasteiger partial charge in [0.15, 0.2) is 0 Å². The van der Waals surface area contributed by atoms with Gasteiger partial charge in [0.25, 0.3) is 0 Å². The Kier molecular flexibility index (Phi) is 8.26. The van der Waals surface area contributed by atoms with Gasteiger partial charge in [-0.2, -0.15) is 0 Å². The summed E-state index contributed by atoms with van der Waals surface area (Å²) in [5.41, 5.74) is 0. The molecular weight excluding hydrogens is 200 g/mol. The highest BCUT2D eigenvalue weighted by molar-refractivity contribution is 5.76. The van der Waals surface area contributed by atoms with Crippen LogP contribution in [0.1, 0.15) is 53.9 Å². The van der Waals surface area contributed by atoms with Crippen molar-refractivity contribution in [2.24, 2.45) is 5.92 Å². The fourth-order valence-corrected chi connectivity index (χ4v) is 1.42. The second-order valence-electron chi connectivity index (χ2n) is 4.76. The largest absolute Gasteiger partial charge is 0.354 e. The Hall–Kier alpha value is -0.570. The van der Waals surface area contributed by atoms with Crippen LogP contribution in [0.5, 0.6) is 0 Å². The summed E-state index contributed by atoms with van der Waals surface area (Å²) < 4.78 is 0. The molecule has 0 radical (unpaired) electrons. The molecule has 3 unspecified atom stereocenters. The van der Waals surface area contributed by atoms with Crippen LogP contribution in [0.25, 0.3) is 0 Å². The normalized spacial score (nSPS) is 16.6. The Labute approximate surface area is 100 Å². The van der Waals surface area contributed by atoms with Crippen LogP contribution < -0.4 is 10.6 Å². The van der Waals surface area contributed by atoms with Crippen molar-refractivity contribution in [1.29, 1.82) is 0 Å². The SMILES string of the molecule is CCC(C)NC(=O)CCNC(C)C(C)CC. The van der Waals surface area contributed by atoms with E-state index in [9.17, 15) is 4.79 Å². The van der Waals surface area contributed by atoms with Gasteiger partial charge >= 0.3 is 0 Å². The fraction of sp³-hybridized carbons (Fsp3) is 0.923. The standard InChI is InChI=1S/C13H28N2O/c1-6-10(3)12(5)14-9-8-13(16)15-11(4)7-2/h10-12,14H,6-9H2,1-5H3,(H,15,16).